The van der Waals surface area contributed by atoms with Crippen LogP contribution in [0.2, 0.25) is 0 Å². The van der Waals surface area contributed by atoms with Crippen molar-refractivity contribution in [2.45, 2.75) is 32.4 Å². The predicted molar refractivity (Wildman–Crippen MR) is 98.8 cm³/mol. The molecule has 3 aromatic heterocycles. The molecule has 4 N–H and O–H groups in total. The quantitative estimate of drug-likeness (QED) is 0.766. The molecule has 0 aromatic carbocycles. The molecule has 3 rings (SSSR count). The summed E-state index contributed by atoms with van der Waals surface area (Å²) in [7, 11) is 0. The summed E-state index contributed by atoms with van der Waals surface area (Å²) in [5.74, 6) is 0. The second-order valence-corrected chi connectivity index (χ2v) is 6.39. The van der Waals surface area contributed by atoms with Crippen LogP contribution in [-0.2, 0) is 5.54 Å². The van der Waals surface area contributed by atoms with Gasteiger partial charge in [0, 0.05) is 18.6 Å². The Labute approximate surface area is 148 Å². The maximum Gasteiger partial charge on any atom is 0.123 e. The van der Waals surface area contributed by atoms with E-state index in [1.165, 1.54) is 0 Å². The molecular formula is C20H23N5. The lowest BCUT2D eigenvalue weighted by Crippen LogP contribution is -2.50. The lowest BCUT2D eigenvalue weighted by Gasteiger charge is -2.36. The zero-order valence-electron chi connectivity index (χ0n) is 14.8. The summed E-state index contributed by atoms with van der Waals surface area (Å²) in [5, 5.41) is 0. The van der Waals surface area contributed by atoms with Crippen molar-refractivity contribution >= 4 is 0 Å². The highest BCUT2D eigenvalue weighted by atomic mass is 15.0. The molecular weight excluding hydrogens is 310 g/mol. The first kappa shape index (κ1) is 17.2. The molecule has 25 heavy (non-hydrogen) atoms. The fraction of sp³-hybridized carbons (Fsp3) is 0.250. The van der Waals surface area contributed by atoms with Crippen molar-refractivity contribution in [1.82, 2.24) is 15.0 Å². The molecule has 0 spiro atoms. The van der Waals surface area contributed by atoms with Gasteiger partial charge < -0.3 is 11.5 Å². The van der Waals surface area contributed by atoms with Crippen molar-refractivity contribution < 1.29 is 0 Å². The van der Waals surface area contributed by atoms with Crippen LogP contribution in [0, 0.1) is 20.8 Å². The number of hydrogen-bond acceptors (Lipinski definition) is 5. The first-order chi connectivity index (χ1) is 12.0. The van der Waals surface area contributed by atoms with Gasteiger partial charge >= 0.3 is 0 Å². The molecule has 0 saturated heterocycles. The summed E-state index contributed by atoms with van der Waals surface area (Å²) in [6.45, 7) is 5.96. The minimum atomic E-state index is -1.09. The second kappa shape index (κ2) is 6.70. The molecule has 3 heterocycles. The number of pyridine rings is 3. The monoisotopic (exact) mass is 333 g/mol. The van der Waals surface area contributed by atoms with Crippen LogP contribution >= 0.6 is 0 Å². The van der Waals surface area contributed by atoms with Crippen LogP contribution in [0.4, 0.5) is 0 Å². The summed E-state index contributed by atoms with van der Waals surface area (Å²) < 4.78 is 0. The molecule has 0 saturated carbocycles. The Morgan fingerprint density at radius 3 is 1.64 bits per heavy atom. The first-order valence-electron chi connectivity index (χ1n) is 8.26. The van der Waals surface area contributed by atoms with E-state index >= 15 is 0 Å². The van der Waals surface area contributed by atoms with Crippen molar-refractivity contribution in [2.75, 3.05) is 0 Å². The van der Waals surface area contributed by atoms with E-state index < -0.39 is 11.6 Å². The highest BCUT2D eigenvalue weighted by Gasteiger charge is 2.43. The highest BCUT2D eigenvalue weighted by molar-refractivity contribution is 5.43. The molecule has 0 fully saturated rings. The van der Waals surface area contributed by atoms with Gasteiger partial charge in [-0.05, 0) is 55.7 Å². The predicted octanol–water partition coefficient (Wildman–Crippen LogP) is 2.70. The third kappa shape index (κ3) is 2.92. The zero-order chi connectivity index (χ0) is 18.0. The number of aromatic nitrogens is 3. The van der Waals surface area contributed by atoms with E-state index in [1.54, 1.807) is 18.6 Å². The highest BCUT2D eigenvalue weighted by Crippen LogP contribution is 2.38. The van der Waals surface area contributed by atoms with Gasteiger partial charge in [0.2, 0.25) is 0 Å². The first-order valence-corrected chi connectivity index (χ1v) is 8.26. The molecule has 0 aliphatic heterocycles. The van der Waals surface area contributed by atoms with Crippen molar-refractivity contribution in [3.8, 4) is 0 Å². The van der Waals surface area contributed by atoms with Gasteiger partial charge in [-0.3, -0.25) is 15.0 Å². The molecule has 1 unspecified atom stereocenters. The van der Waals surface area contributed by atoms with Gasteiger partial charge in [0.15, 0.2) is 0 Å². The minimum absolute atomic E-state index is 0.587. The lowest BCUT2D eigenvalue weighted by atomic mass is 9.78. The third-order valence-electron chi connectivity index (χ3n) is 4.64. The normalized spacial score (nSPS) is 12.8. The molecule has 128 valence electrons. The van der Waals surface area contributed by atoms with Gasteiger partial charge in [-0.25, -0.2) is 0 Å². The van der Waals surface area contributed by atoms with Crippen LogP contribution < -0.4 is 11.5 Å². The molecule has 5 nitrogen and oxygen atoms in total. The number of aryl methyl sites for hydroxylation is 3. The van der Waals surface area contributed by atoms with E-state index in [0.717, 1.165) is 22.4 Å². The molecule has 5 heteroatoms. The Morgan fingerprint density at radius 2 is 1.20 bits per heavy atom. The topological polar surface area (TPSA) is 90.7 Å². The molecule has 0 aliphatic carbocycles. The fourth-order valence-corrected chi connectivity index (χ4v) is 3.28. The lowest BCUT2D eigenvalue weighted by molar-refractivity contribution is 0.397. The van der Waals surface area contributed by atoms with Crippen molar-refractivity contribution in [3.05, 3.63) is 88.8 Å². The zero-order valence-corrected chi connectivity index (χ0v) is 14.8. The summed E-state index contributed by atoms with van der Waals surface area (Å²) in [6, 6.07) is 11.0. The minimum Gasteiger partial charge on any atom is -0.320 e. The Balaban J connectivity index is 2.29. The largest absolute Gasteiger partial charge is 0.320 e. The van der Waals surface area contributed by atoms with Crippen LogP contribution in [0.1, 0.15) is 39.8 Å². The van der Waals surface area contributed by atoms with E-state index in [9.17, 15) is 0 Å². The van der Waals surface area contributed by atoms with Gasteiger partial charge in [0.25, 0.3) is 0 Å². The Hall–Kier alpha value is -2.63. The Morgan fingerprint density at radius 1 is 0.760 bits per heavy atom. The average Bonchev–Trinajstić information content (AvgIpc) is 2.62. The molecule has 0 bridgehead atoms. The molecule has 3 aromatic rings. The van der Waals surface area contributed by atoms with Gasteiger partial charge in [-0.15, -0.1) is 0 Å². The fourth-order valence-electron chi connectivity index (χ4n) is 3.28. The van der Waals surface area contributed by atoms with E-state index in [4.69, 9.17) is 11.5 Å². The number of nitrogens with two attached hydrogens (primary N) is 2. The van der Waals surface area contributed by atoms with Crippen molar-refractivity contribution in [3.63, 3.8) is 0 Å². The Kier molecular flexibility index (Phi) is 4.61. The summed E-state index contributed by atoms with van der Waals surface area (Å²) in [6.07, 6.45) is 5.21. The van der Waals surface area contributed by atoms with Crippen LogP contribution in [0.5, 0.6) is 0 Å². The van der Waals surface area contributed by atoms with Crippen LogP contribution in [0.15, 0.2) is 55.0 Å². The number of nitrogens with zero attached hydrogens (tertiary/aromatic N) is 3. The maximum absolute atomic E-state index is 7.00. The second-order valence-electron chi connectivity index (χ2n) is 6.39. The number of hydrogen-bond donors (Lipinski definition) is 2. The summed E-state index contributed by atoms with van der Waals surface area (Å²) in [4.78, 5) is 13.6. The van der Waals surface area contributed by atoms with Gasteiger partial charge in [0.05, 0.1) is 23.1 Å². The maximum atomic E-state index is 7.00. The standard InChI is InChI=1S/C20H23N5/c1-13-7-4-10-23-16(13)17(21)20(22,18-14(2)8-5-11-24-18)19-15(3)9-6-12-25-19/h4-12,17H,21-22H2,1-3H3. The van der Waals surface area contributed by atoms with E-state index in [1.807, 2.05) is 57.2 Å². The van der Waals surface area contributed by atoms with Crippen LogP contribution in [0.3, 0.4) is 0 Å². The SMILES string of the molecule is Cc1cccnc1C(N)C(N)(c1ncccc1C)c1ncccc1C. The van der Waals surface area contributed by atoms with E-state index in [-0.39, 0.29) is 0 Å². The van der Waals surface area contributed by atoms with Crippen molar-refractivity contribution in [2.24, 2.45) is 11.5 Å². The smallest absolute Gasteiger partial charge is 0.123 e. The average molecular weight is 333 g/mol. The number of rotatable bonds is 4. The van der Waals surface area contributed by atoms with Crippen LogP contribution in [0.25, 0.3) is 0 Å². The van der Waals surface area contributed by atoms with Gasteiger partial charge in [-0.2, -0.15) is 0 Å². The summed E-state index contributed by atoms with van der Waals surface area (Å²) in [5.41, 5.74) is 17.7. The molecule has 0 amide bonds. The molecule has 0 radical (unpaired) electrons. The van der Waals surface area contributed by atoms with E-state index in [0.29, 0.717) is 11.4 Å². The van der Waals surface area contributed by atoms with Crippen LogP contribution in [-0.4, -0.2) is 15.0 Å². The molecule has 0 aliphatic rings. The summed E-state index contributed by atoms with van der Waals surface area (Å²) >= 11 is 0. The van der Waals surface area contributed by atoms with Gasteiger partial charge in [0.1, 0.15) is 5.54 Å². The van der Waals surface area contributed by atoms with E-state index in [2.05, 4.69) is 15.0 Å². The third-order valence-corrected chi connectivity index (χ3v) is 4.64. The van der Waals surface area contributed by atoms with Crippen molar-refractivity contribution in [1.29, 1.82) is 0 Å². The van der Waals surface area contributed by atoms with Gasteiger partial charge in [-0.1, -0.05) is 18.2 Å². The Bertz CT molecular complexity index is 845. The molecule has 1 atom stereocenters.